The van der Waals surface area contributed by atoms with Crippen molar-refractivity contribution in [3.8, 4) is 17.2 Å². The smallest absolute Gasteiger partial charge is 0.251 e. The molecule has 2 saturated carbocycles. The summed E-state index contributed by atoms with van der Waals surface area (Å²) in [7, 11) is 0. The van der Waals surface area contributed by atoms with Gasteiger partial charge in [-0.15, -0.1) is 0 Å². The molecule has 27 heavy (non-hydrogen) atoms. The van der Waals surface area contributed by atoms with Crippen LogP contribution < -0.4 is 19.5 Å². The molecule has 2 fully saturated rings. The van der Waals surface area contributed by atoms with Gasteiger partial charge in [-0.05, 0) is 76.8 Å². The van der Waals surface area contributed by atoms with Gasteiger partial charge < -0.3 is 19.5 Å². The van der Waals surface area contributed by atoms with Gasteiger partial charge in [0.1, 0.15) is 0 Å². The average Bonchev–Trinajstić information content (AvgIpc) is 3.28. The Labute approximate surface area is 162 Å². The molecule has 0 heterocycles. The van der Waals surface area contributed by atoms with Gasteiger partial charge in [0.15, 0.2) is 11.5 Å². The second-order valence-electron chi connectivity index (χ2n) is 7.70. The Balaban J connectivity index is 1.78. The fraction of sp³-hybridized carbons (Fsp3) is 0.682. The number of hydrogen-bond donors (Lipinski definition) is 1. The first-order valence-electron chi connectivity index (χ1n) is 10.4. The van der Waals surface area contributed by atoms with Crippen molar-refractivity contribution in [2.24, 2.45) is 17.8 Å². The first kappa shape index (κ1) is 19.8. The number of carbonyl (C=O) groups excluding carboxylic acids is 1. The maximum Gasteiger partial charge on any atom is 0.251 e. The topological polar surface area (TPSA) is 56.8 Å². The summed E-state index contributed by atoms with van der Waals surface area (Å²) >= 11 is 0. The summed E-state index contributed by atoms with van der Waals surface area (Å²) in [5, 5.41) is 3.22. The molecule has 0 saturated heterocycles. The lowest BCUT2D eigenvalue weighted by molar-refractivity contribution is 0.0914. The molecule has 150 valence electrons. The highest BCUT2D eigenvalue weighted by Crippen LogP contribution is 2.49. The molecule has 5 heteroatoms. The zero-order valence-electron chi connectivity index (χ0n) is 17.0. The summed E-state index contributed by atoms with van der Waals surface area (Å²) in [6.45, 7) is 9.40. The van der Waals surface area contributed by atoms with Gasteiger partial charge in [-0.1, -0.05) is 6.42 Å². The lowest BCUT2D eigenvalue weighted by atomic mass is 9.84. The number of rotatable bonds is 9. The molecule has 0 aromatic heterocycles. The third kappa shape index (κ3) is 4.33. The maximum absolute atomic E-state index is 12.9. The molecule has 0 spiro atoms. The lowest BCUT2D eigenvalue weighted by Gasteiger charge is -2.28. The second-order valence-corrected chi connectivity index (χ2v) is 7.70. The van der Waals surface area contributed by atoms with Gasteiger partial charge in [0.2, 0.25) is 5.75 Å². The van der Waals surface area contributed by atoms with Crippen molar-refractivity contribution in [2.75, 3.05) is 19.8 Å². The fourth-order valence-electron chi connectivity index (χ4n) is 4.82. The van der Waals surface area contributed by atoms with Crippen LogP contribution in [0.2, 0.25) is 0 Å². The third-order valence-corrected chi connectivity index (χ3v) is 5.97. The quantitative estimate of drug-likeness (QED) is 0.693. The summed E-state index contributed by atoms with van der Waals surface area (Å²) in [6.07, 6.45) is 5.29. The molecule has 1 N–H and O–H groups in total. The minimum Gasteiger partial charge on any atom is -0.490 e. The third-order valence-electron chi connectivity index (χ3n) is 5.97. The van der Waals surface area contributed by atoms with E-state index >= 15 is 0 Å². The second kappa shape index (κ2) is 8.85. The first-order chi connectivity index (χ1) is 13.1. The van der Waals surface area contributed by atoms with Crippen molar-refractivity contribution in [2.45, 2.75) is 59.4 Å². The molecular formula is C22H33NO4. The van der Waals surface area contributed by atoms with Crippen molar-refractivity contribution in [1.29, 1.82) is 0 Å². The molecule has 0 unspecified atom stereocenters. The Morgan fingerprint density at radius 2 is 1.67 bits per heavy atom. The minimum atomic E-state index is -0.0739. The molecule has 0 radical (unpaired) electrons. The van der Waals surface area contributed by atoms with E-state index in [-0.39, 0.29) is 11.9 Å². The summed E-state index contributed by atoms with van der Waals surface area (Å²) in [5.41, 5.74) is 0.556. The van der Waals surface area contributed by atoms with Crippen LogP contribution in [0, 0.1) is 17.8 Å². The molecule has 4 atom stereocenters. The van der Waals surface area contributed by atoms with E-state index < -0.39 is 0 Å². The predicted molar refractivity (Wildman–Crippen MR) is 106 cm³/mol. The molecule has 0 aliphatic heterocycles. The van der Waals surface area contributed by atoms with Crippen molar-refractivity contribution < 1.29 is 19.0 Å². The monoisotopic (exact) mass is 375 g/mol. The van der Waals surface area contributed by atoms with E-state index in [1.807, 2.05) is 20.8 Å². The Hall–Kier alpha value is -1.91. The van der Waals surface area contributed by atoms with Crippen LogP contribution in [0.5, 0.6) is 17.2 Å². The Morgan fingerprint density at radius 1 is 1.04 bits per heavy atom. The molecule has 5 nitrogen and oxygen atoms in total. The van der Waals surface area contributed by atoms with E-state index in [2.05, 4.69) is 12.2 Å². The Bertz CT molecular complexity index is 633. The number of carbonyl (C=O) groups is 1. The van der Waals surface area contributed by atoms with Crippen LogP contribution in [0.25, 0.3) is 0 Å². The van der Waals surface area contributed by atoms with Crippen molar-refractivity contribution in [3.05, 3.63) is 17.7 Å². The molecule has 1 aromatic carbocycles. The normalized spacial score (nSPS) is 24.5. The number of fused-ring (bicyclic) bond motifs is 2. The summed E-state index contributed by atoms with van der Waals surface area (Å²) in [5.74, 6) is 3.87. The van der Waals surface area contributed by atoms with Crippen LogP contribution >= 0.6 is 0 Å². The molecule has 1 aromatic rings. The standard InChI is InChI=1S/C22H33NO4/c1-5-25-19-12-17(13-20(26-6-2)21(19)27-7-3)22(24)23-14(4)18-11-15-8-9-16(18)10-15/h12-16,18H,5-11H2,1-4H3,(H,23,24)/t14-,15+,16+,18-/m1/s1. The number of amides is 1. The lowest BCUT2D eigenvalue weighted by Crippen LogP contribution is -2.40. The minimum absolute atomic E-state index is 0.0739. The van der Waals surface area contributed by atoms with Crippen LogP contribution in [-0.4, -0.2) is 31.8 Å². The van der Waals surface area contributed by atoms with Crippen molar-refractivity contribution in [1.82, 2.24) is 5.32 Å². The molecule has 2 aliphatic rings. The highest BCUT2D eigenvalue weighted by atomic mass is 16.5. The maximum atomic E-state index is 12.9. The van der Waals surface area contributed by atoms with Gasteiger partial charge >= 0.3 is 0 Å². The fourth-order valence-corrected chi connectivity index (χ4v) is 4.82. The van der Waals surface area contributed by atoms with Crippen LogP contribution in [0.1, 0.15) is 63.7 Å². The highest BCUT2D eigenvalue weighted by molar-refractivity contribution is 5.95. The first-order valence-corrected chi connectivity index (χ1v) is 10.4. The molecule has 3 rings (SSSR count). The van der Waals surface area contributed by atoms with E-state index in [4.69, 9.17) is 14.2 Å². The van der Waals surface area contributed by atoms with E-state index in [0.717, 1.165) is 11.8 Å². The van der Waals surface area contributed by atoms with Gasteiger partial charge in [0.25, 0.3) is 5.91 Å². The predicted octanol–water partition coefficient (Wildman–Crippen LogP) is 4.44. The van der Waals surface area contributed by atoms with E-state index in [0.29, 0.717) is 48.6 Å². The average molecular weight is 376 g/mol. The highest BCUT2D eigenvalue weighted by Gasteiger charge is 2.42. The van der Waals surface area contributed by atoms with Gasteiger partial charge in [0, 0.05) is 11.6 Å². The number of benzene rings is 1. The molecule has 2 bridgehead atoms. The van der Waals surface area contributed by atoms with E-state index in [9.17, 15) is 4.79 Å². The molecular weight excluding hydrogens is 342 g/mol. The zero-order chi connectivity index (χ0) is 19.4. The van der Waals surface area contributed by atoms with Gasteiger partial charge in [-0.3, -0.25) is 4.79 Å². The summed E-state index contributed by atoms with van der Waals surface area (Å²) < 4.78 is 17.2. The van der Waals surface area contributed by atoms with Gasteiger partial charge in [-0.2, -0.15) is 0 Å². The molecule has 2 aliphatic carbocycles. The summed E-state index contributed by atoms with van der Waals surface area (Å²) in [6, 6.07) is 3.71. The SMILES string of the molecule is CCOc1cc(C(=O)N[C@H](C)[C@H]2C[C@H]3CC[C@H]2C3)cc(OCC)c1OCC. The zero-order valence-corrected chi connectivity index (χ0v) is 17.0. The van der Waals surface area contributed by atoms with Crippen LogP contribution in [0.4, 0.5) is 0 Å². The van der Waals surface area contributed by atoms with Crippen molar-refractivity contribution in [3.63, 3.8) is 0 Å². The van der Waals surface area contributed by atoms with Crippen LogP contribution in [0.15, 0.2) is 12.1 Å². The number of ether oxygens (including phenoxy) is 3. The van der Waals surface area contributed by atoms with Crippen LogP contribution in [-0.2, 0) is 0 Å². The number of nitrogens with one attached hydrogen (secondary N) is 1. The van der Waals surface area contributed by atoms with E-state index in [1.54, 1.807) is 12.1 Å². The largest absolute Gasteiger partial charge is 0.490 e. The van der Waals surface area contributed by atoms with Gasteiger partial charge in [-0.25, -0.2) is 0 Å². The Morgan fingerprint density at radius 3 is 2.15 bits per heavy atom. The van der Waals surface area contributed by atoms with Gasteiger partial charge in [0.05, 0.1) is 19.8 Å². The Kier molecular flexibility index (Phi) is 6.51. The number of hydrogen-bond acceptors (Lipinski definition) is 4. The summed E-state index contributed by atoms with van der Waals surface area (Å²) in [4.78, 5) is 12.9. The van der Waals surface area contributed by atoms with Crippen molar-refractivity contribution >= 4 is 5.91 Å². The molecule has 1 amide bonds. The van der Waals surface area contributed by atoms with Crippen LogP contribution in [0.3, 0.4) is 0 Å². The van der Waals surface area contributed by atoms with E-state index in [1.165, 1.54) is 25.7 Å².